The van der Waals surface area contributed by atoms with E-state index in [9.17, 15) is 18.3 Å². The Balaban J connectivity index is 0.00000114. The monoisotopic (exact) mass is 384 g/mol. The summed E-state index contributed by atoms with van der Waals surface area (Å²) in [5.41, 5.74) is 6.83. The first kappa shape index (κ1) is 22.6. The second-order valence-electron chi connectivity index (χ2n) is 5.86. The molecule has 0 aromatic heterocycles. The van der Waals surface area contributed by atoms with Crippen molar-refractivity contribution in [3.63, 3.8) is 0 Å². The van der Waals surface area contributed by atoms with Gasteiger partial charge in [0.25, 0.3) is 6.47 Å². The Kier molecular flexibility index (Phi) is 9.49. The zero-order chi connectivity index (χ0) is 20.3. The smallest absolute Gasteiger partial charge is 0.416 e. The van der Waals surface area contributed by atoms with Crippen LogP contribution >= 0.6 is 0 Å². The molecule has 0 aliphatic heterocycles. The first-order valence-corrected chi connectivity index (χ1v) is 8.20. The normalized spacial score (nSPS) is 13.2. The van der Waals surface area contributed by atoms with Crippen molar-refractivity contribution in [1.82, 2.24) is 5.32 Å². The lowest BCUT2D eigenvalue weighted by molar-refractivity contribution is -0.137. The molecular formula is C19H23F3N2O3. The Morgan fingerprint density at radius 3 is 2.26 bits per heavy atom. The van der Waals surface area contributed by atoms with Gasteiger partial charge < -0.3 is 21.3 Å². The molecule has 0 amide bonds. The van der Waals surface area contributed by atoms with E-state index in [0.717, 1.165) is 17.7 Å². The van der Waals surface area contributed by atoms with Gasteiger partial charge in [0.1, 0.15) is 0 Å². The molecule has 2 aromatic rings. The van der Waals surface area contributed by atoms with Crippen LogP contribution < -0.4 is 11.1 Å². The van der Waals surface area contributed by atoms with Crippen molar-refractivity contribution >= 4 is 6.47 Å². The number of halogens is 3. The van der Waals surface area contributed by atoms with Gasteiger partial charge in [-0.05, 0) is 23.6 Å². The molecule has 0 spiro atoms. The predicted molar refractivity (Wildman–Crippen MR) is 96.0 cm³/mol. The van der Waals surface area contributed by atoms with Gasteiger partial charge in [0, 0.05) is 19.1 Å². The standard InChI is InChI=1S/C18H21F3N2O.CH2O2/c19-18(20,21)15-8-4-7-14(9-15)11-23-12-17(24)16(22)10-13-5-2-1-3-6-13;2-1-3/h1-9,16-17,23-24H,10-12,22H2;1H,(H,2,3)/t16-,17+;/m0./s1. The fourth-order valence-electron chi connectivity index (χ4n) is 2.40. The molecule has 5 nitrogen and oxygen atoms in total. The van der Waals surface area contributed by atoms with Gasteiger partial charge >= 0.3 is 6.18 Å². The number of aliphatic hydroxyl groups excluding tert-OH is 1. The van der Waals surface area contributed by atoms with Crippen LogP contribution in [-0.4, -0.2) is 35.4 Å². The Labute approximate surface area is 155 Å². The Morgan fingerprint density at radius 1 is 1.07 bits per heavy atom. The van der Waals surface area contributed by atoms with Crippen molar-refractivity contribution < 1.29 is 28.2 Å². The number of rotatable bonds is 7. The van der Waals surface area contributed by atoms with Crippen LogP contribution in [0, 0.1) is 0 Å². The molecule has 0 saturated heterocycles. The first-order chi connectivity index (χ1) is 12.8. The zero-order valence-electron chi connectivity index (χ0n) is 14.6. The first-order valence-electron chi connectivity index (χ1n) is 8.20. The molecule has 8 heteroatoms. The average Bonchev–Trinajstić information content (AvgIpc) is 2.62. The molecule has 0 bridgehead atoms. The van der Waals surface area contributed by atoms with E-state index in [1.165, 1.54) is 6.07 Å². The number of carbonyl (C=O) groups is 1. The molecule has 0 heterocycles. The maximum Gasteiger partial charge on any atom is 0.416 e. The maximum atomic E-state index is 12.7. The van der Waals surface area contributed by atoms with Crippen molar-refractivity contribution in [2.75, 3.05) is 6.54 Å². The van der Waals surface area contributed by atoms with Crippen LogP contribution in [0.2, 0.25) is 0 Å². The zero-order valence-corrected chi connectivity index (χ0v) is 14.6. The summed E-state index contributed by atoms with van der Waals surface area (Å²) in [6.07, 6.45) is -4.60. The number of nitrogens with one attached hydrogen (secondary N) is 1. The van der Waals surface area contributed by atoms with Crippen molar-refractivity contribution in [3.05, 3.63) is 71.3 Å². The van der Waals surface area contributed by atoms with E-state index < -0.39 is 23.9 Å². The van der Waals surface area contributed by atoms with Crippen LogP contribution in [-0.2, 0) is 23.9 Å². The van der Waals surface area contributed by atoms with Gasteiger partial charge in [-0.25, -0.2) is 0 Å². The highest BCUT2D eigenvalue weighted by Gasteiger charge is 2.30. The molecule has 0 aliphatic rings. The van der Waals surface area contributed by atoms with Crippen molar-refractivity contribution in [1.29, 1.82) is 0 Å². The summed E-state index contributed by atoms with van der Waals surface area (Å²) in [6, 6.07) is 14.3. The Morgan fingerprint density at radius 2 is 1.67 bits per heavy atom. The lowest BCUT2D eigenvalue weighted by Crippen LogP contribution is -2.43. The third-order valence-electron chi connectivity index (χ3n) is 3.75. The minimum Gasteiger partial charge on any atom is -0.483 e. The van der Waals surface area contributed by atoms with Crippen LogP contribution in [0.1, 0.15) is 16.7 Å². The van der Waals surface area contributed by atoms with E-state index in [-0.39, 0.29) is 19.6 Å². The van der Waals surface area contributed by atoms with Crippen LogP contribution in [0.15, 0.2) is 54.6 Å². The molecule has 0 fully saturated rings. The summed E-state index contributed by atoms with van der Waals surface area (Å²) in [6.45, 7) is 0.198. The van der Waals surface area contributed by atoms with Crippen molar-refractivity contribution in [3.8, 4) is 0 Å². The number of alkyl halides is 3. The lowest BCUT2D eigenvalue weighted by Gasteiger charge is -2.19. The number of aliphatic hydroxyl groups is 1. The van der Waals surface area contributed by atoms with E-state index in [0.29, 0.717) is 12.0 Å². The van der Waals surface area contributed by atoms with Gasteiger partial charge in [-0.1, -0.05) is 48.5 Å². The van der Waals surface area contributed by atoms with Gasteiger partial charge in [-0.15, -0.1) is 0 Å². The van der Waals surface area contributed by atoms with Crippen LogP contribution in [0.4, 0.5) is 13.2 Å². The number of carboxylic acid groups (broad SMARTS) is 1. The molecule has 0 saturated carbocycles. The van der Waals surface area contributed by atoms with Crippen molar-refractivity contribution in [2.24, 2.45) is 5.73 Å². The van der Waals surface area contributed by atoms with E-state index in [1.807, 2.05) is 30.3 Å². The second kappa shape index (κ2) is 11.3. The van der Waals surface area contributed by atoms with E-state index in [2.05, 4.69) is 5.32 Å². The minimum atomic E-state index is -4.35. The molecular weight excluding hydrogens is 361 g/mol. The van der Waals surface area contributed by atoms with E-state index >= 15 is 0 Å². The van der Waals surface area contributed by atoms with Gasteiger partial charge in [0.2, 0.25) is 0 Å². The van der Waals surface area contributed by atoms with Gasteiger partial charge in [0.15, 0.2) is 0 Å². The molecule has 0 radical (unpaired) electrons. The third-order valence-corrected chi connectivity index (χ3v) is 3.75. The van der Waals surface area contributed by atoms with Gasteiger partial charge in [-0.2, -0.15) is 13.2 Å². The number of hydrogen-bond donors (Lipinski definition) is 4. The highest BCUT2D eigenvalue weighted by molar-refractivity contribution is 5.32. The number of benzene rings is 2. The summed E-state index contributed by atoms with van der Waals surface area (Å²) in [4.78, 5) is 8.36. The Hall–Kier alpha value is -2.42. The SMILES string of the molecule is N[C@@H](Cc1ccccc1)[C@H](O)CNCc1cccc(C(F)(F)F)c1.O=CO. The molecule has 148 valence electrons. The largest absolute Gasteiger partial charge is 0.483 e. The highest BCUT2D eigenvalue weighted by Crippen LogP contribution is 2.29. The molecule has 2 rings (SSSR count). The molecule has 5 N–H and O–H groups in total. The summed E-state index contributed by atoms with van der Waals surface area (Å²) < 4.78 is 38.0. The van der Waals surface area contributed by atoms with Crippen molar-refractivity contribution in [2.45, 2.75) is 31.3 Å². The Bertz CT molecular complexity index is 681. The summed E-state index contributed by atoms with van der Waals surface area (Å²) >= 11 is 0. The molecule has 0 unspecified atom stereocenters. The third kappa shape index (κ3) is 8.67. The van der Waals surface area contributed by atoms with Gasteiger partial charge in [-0.3, -0.25) is 4.79 Å². The summed E-state index contributed by atoms with van der Waals surface area (Å²) in [7, 11) is 0. The molecule has 0 aliphatic carbocycles. The molecule has 27 heavy (non-hydrogen) atoms. The van der Waals surface area contributed by atoms with E-state index in [1.54, 1.807) is 6.07 Å². The minimum absolute atomic E-state index is 0.213. The average molecular weight is 384 g/mol. The topological polar surface area (TPSA) is 95.6 Å². The van der Waals surface area contributed by atoms with Gasteiger partial charge in [0.05, 0.1) is 11.7 Å². The predicted octanol–water partition coefficient (Wildman–Crippen LogP) is 2.43. The maximum absolute atomic E-state index is 12.7. The quantitative estimate of drug-likeness (QED) is 0.550. The number of hydrogen-bond acceptors (Lipinski definition) is 4. The fourth-order valence-corrected chi connectivity index (χ4v) is 2.40. The summed E-state index contributed by atoms with van der Waals surface area (Å²) in [5, 5.41) is 19.9. The summed E-state index contributed by atoms with van der Waals surface area (Å²) in [5.74, 6) is 0. The molecule has 2 atom stereocenters. The highest BCUT2D eigenvalue weighted by atomic mass is 19.4. The lowest BCUT2D eigenvalue weighted by atomic mass is 10.0. The van der Waals surface area contributed by atoms with E-state index in [4.69, 9.17) is 15.6 Å². The fraction of sp³-hybridized carbons (Fsp3) is 0.316. The molecule has 2 aromatic carbocycles. The second-order valence-corrected chi connectivity index (χ2v) is 5.86. The van der Waals surface area contributed by atoms with Crippen LogP contribution in [0.5, 0.6) is 0 Å². The number of nitrogens with two attached hydrogens (primary N) is 1. The van der Waals surface area contributed by atoms with Crippen LogP contribution in [0.3, 0.4) is 0 Å². The van der Waals surface area contributed by atoms with Crippen LogP contribution in [0.25, 0.3) is 0 Å².